The number of aromatic nitrogens is 3. The van der Waals surface area contributed by atoms with Gasteiger partial charge in [0.1, 0.15) is 6.04 Å². The van der Waals surface area contributed by atoms with Crippen LogP contribution in [0.15, 0.2) is 60.6 Å². The van der Waals surface area contributed by atoms with Gasteiger partial charge in [-0.2, -0.15) is 5.26 Å². The molecule has 2 aromatic rings. The Morgan fingerprint density at radius 3 is 2.54 bits per heavy atom. The van der Waals surface area contributed by atoms with Gasteiger partial charge in [0, 0.05) is 57.4 Å². The zero-order valence-corrected chi connectivity index (χ0v) is 20.6. The minimum absolute atomic E-state index is 0.179. The van der Waals surface area contributed by atoms with E-state index in [2.05, 4.69) is 27.4 Å². The topological polar surface area (TPSA) is 103 Å². The molecule has 2 atom stereocenters. The Bertz CT molecular complexity index is 1230. The number of nitriles is 1. The summed E-state index contributed by atoms with van der Waals surface area (Å²) in [4.78, 5) is 28.7. The molecule has 3 heterocycles. The summed E-state index contributed by atoms with van der Waals surface area (Å²) in [6.45, 7) is 4.29. The molecule has 0 bridgehead atoms. The third-order valence-corrected chi connectivity index (χ3v) is 8.38. The molecule has 35 heavy (non-hydrogen) atoms. The van der Waals surface area contributed by atoms with E-state index < -0.39 is 15.7 Å². The second-order valence-corrected chi connectivity index (χ2v) is 11.1. The van der Waals surface area contributed by atoms with Gasteiger partial charge < -0.3 is 4.90 Å². The number of pyridine rings is 1. The highest BCUT2D eigenvalue weighted by atomic mass is 32.2. The third kappa shape index (κ3) is 5.84. The molecule has 1 unspecified atom stereocenters. The molecule has 2 aliphatic rings. The number of nitrogens with zero attached hydrogens (tertiary/aromatic N) is 6. The highest BCUT2D eigenvalue weighted by Crippen LogP contribution is 2.31. The third-order valence-electron chi connectivity index (χ3n) is 6.59. The Kier molecular flexibility index (Phi) is 7.73. The first-order valence-corrected chi connectivity index (χ1v) is 13.6. The van der Waals surface area contributed by atoms with E-state index in [1.54, 1.807) is 39.9 Å². The molecule has 2 aromatic heterocycles. The van der Waals surface area contributed by atoms with Gasteiger partial charge in [-0.25, -0.2) is 8.51 Å². The van der Waals surface area contributed by atoms with Crippen LogP contribution in [0.2, 0.25) is 0 Å². The first-order valence-electron chi connectivity index (χ1n) is 11.8. The van der Waals surface area contributed by atoms with E-state index in [1.165, 1.54) is 30.7 Å². The fraction of sp³-hybridized carbons (Fsp3) is 0.385. The Morgan fingerprint density at radius 1 is 1.20 bits per heavy atom. The molecule has 8 nitrogen and oxygen atoms in total. The molecule has 1 aliphatic heterocycles. The van der Waals surface area contributed by atoms with Crippen molar-refractivity contribution < 1.29 is 9.00 Å². The van der Waals surface area contributed by atoms with E-state index >= 15 is 0 Å². The summed E-state index contributed by atoms with van der Waals surface area (Å²) < 4.78 is 14.8. The first kappa shape index (κ1) is 24.8. The van der Waals surface area contributed by atoms with Crippen LogP contribution in [0.4, 0.5) is 5.69 Å². The number of anilines is 1. The van der Waals surface area contributed by atoms with Crippen molar-refractivity contribution in [2.45, 2.75) is 57.0 Å². The van der Waals surface area contributed by atoms with Crippen LogP contribution in [0, 0.1) is 11.3 Å². The molecule has 0 N–H and O–H groups in total. The Labute approximate surface area is 207 Å². The molecular weight excluding hydrogens is 460 g/mol. The highest BCUT2D eigenvalue weighted by molar-refractivity contribution is 8.00. The van der Waals surface area contributed by atoms with E-state index in [1.807, 2.05) is 12.3 Å². The van der Waals surface area contributed by atoms with Gasteiger partial charge in [0.15, 0.2) is 0 Å². The highest BCUT2D eigenvalue weighted by Gasteiger charge is 2.41. The quantitative estimate of drug-likeness (QED) is 0.317. The zero-order chi connectivity index (χ0) is 24.8. The average Bonchev–Trinajstić information content (AvgIpc) is 2.86. The van der Waals surface area contributed by atoms with Crippen molar-refractivity contribution in [3.8, 4) is 6.07 Å². The summed E-state index contributed by atoms with van der Waals surface area (Å²) in [5.41, 5.74) is 2.56. The van der Waals surface area contributed by atoms with Gasteiger partial charge >= 0.3 is 0 Å². The number of allylic oxidation sites excluding steroid dienone is 2. The number of carbonyl (C=O) groups is 1. The fourth-order valence-corrected chi connectivity index (χ4v) is 6.08. The number of hydrogen-bond donors (Lipinski definition) is 0. The number of amides is 1. The van der Waals surface area contributed by atoms with Crippen LogP contribution in [0.25, 0.3) is 0 Å². The van der Waals surface area contributed by atoms with Crippen molar-refractivity contribution in [3.05, 3.63) is 71.9 Å². The summed E-state index contributed by atoms with van der Waals surface area (Å²) in [6, 6.07) is 4.83. The van der Waals surface area contributed by atoms with Crippen LogP contribution >= 0.6 is 0 Å². The Balaban J connectivity index is 1.53. The molecule has 2 fully saturated rings. The fourth-order valence-electron chi connectivity index (χ4n) is 4.50. The predicted molar refractivity (Wildman–Crippen MR) is 138 cm³/mol. The van der Waals surface area contributed by atoms with Crippen molar-refractivity contribution in [2.75, 3.05) is 11.4 Å². The molecule has 182 valence electrons. The molecule has 0 spiro atoms. The Morgan fingerprint density at radius 2 is 1.94 bits per heavy atom. The molecule has 1 saturated heterocycles. The lowest BCUT2D eigenvalue weighted by Gasteiger charge is -2.42. The summed E-state index contributed by atoms with van der Waals surface area (Å²) in [5, 5.41) is 10.3. The monoisotopic (exact) mass is 490 g/mol. The van der Waals surface area contributed by atoms with Gasteiger partial charge in [-0.3, -0.25) is 19.7 Å². The summed E-state index contributed by atoms with van der Waals surface area (Å²) >= 11 is 0. The molecule has 4 rings (SSSR count). The van der Waals surface area contributed by atoms with Gasteiger partial charge in [-0.15, -0.1) is 0 Å². The standard InChI is InChI=1S/C26H30N6O2S/c1-20(16-27)11-15-35(2,34)32-14-10-25(32)26(33)31(23-8-12-28-13-9-23)19-22-17-30-24(18-29-22)21-6-4-3-5-7-21/h8-9,11-13,15,17-18,21,25H,1-7,10,14,19H2/b15-11+/t25-,35?/m1/s1. The summed E-state index contributed by atoms with van der Waals surface area (Å²) in [7, 11) is -2.88. The second-order valence-electron chi connectivity index (χ2n) is 8.97. The minimum atomic E-state index is -2.88. The van der Waals surface area contributed by atoms with Crippen molar-refractivity contribution in [1.82, 2.24) is 19.3 Å². The zero-order valence-electron chi connectivity index (χ0n) is 19.8. The van der Waals surface area contributed by atoms with Crippen LogP contribution in [0.1, 0.15) is 55.8 Å². The van der Waals surface area contributed by atoms with E-state index in [-0.39, 0.29) is 18.0 Å². The number of rotatable bonds is 8. The van der Waals surface area contributed by atoms with Gasteiger partial charge in [-0.1, -0.05) is 25.8 Å². The van der Waals surface area contributed by atoms with Gasteiger partial charge in [0.25, 0.3) is 0 Å². The molecular formula is C26H30N6O2S. The maximum atomic E-state index is 13.7. The maximum Gasteiger partial charge on any atom is 0.245 e. The smallest absolute Gasteiger partial charge is 0.245 e. The van der Waals surface area contributed by atoms with Crippen molar-refractivity contribution in [2.24, 2.45) is 0 Å². The average molecular weight is 491 g/mol. The van der Waals surface area contributed by atoms with Crippen LogP contribution in [0.3, 0.4) is 0 Å². The number of hydrogen-bond acceptors (Lipinski definition) is 6. The van der Waals surface area contributed by atoms with Crippen molar-refractivity contribution in [3.63, 3.8) is 0 Å². The minimum Gasteiger partial charge on any atom is -0.305 e. The number of carbonyl (C=O) groups excluding carboxylic acids is 1. The van der Waals surface area contributed by atoms with Gasteiger partial charge in [-0.05, 0) is 43.3 Å². The Hall–Kier alpha value is -3.35. The normalized spacial score (nSPS) is 20.5. The van der Waals surface area contributed by atoms with Gasteiger partial charge in [0.2, 0.25) is 5.91 Å². The van der Waals surface area contributed by atoms with Crippen LogP contribution in [-0.4, -0.2) is 47.8 Å². The molecule has 0 radical (unpaired) electrons. The first-order chi connectivity index (χ1) is 16.9. The van der Waals surface area contributed by atoms with Crippen LogP contribution < -0.4 is 4.90 Å². The molecule has 1 aliphatic carbocycles. The lowest BCUT2D eigenvalue weighted by atomic mass is 9.87. The van der Waals surface area contributed by atoms with Crippen LogP contribution in [0.5, 0.6) is 0 Å². The van der Waals surface area contributed by atoms with E-state index in [0.717, 1.165) is 18.5 Å². The van der Waals surface area contributed by atoms with Crippen LogP contribution in [-0.2, 0) is 21.0 Å². The second kappa shape index (κ2) is 10.9. The lowest BCUT2D eigenvalue weighted by Crippen LogP contribution is -2.58. The summed E-state index contributed by atoms with van der Waals surface area (Å²) in [5.74, 6) is 4.08. The molecule has 1 amide bonds. The summed E-state index contributed by atoms with van der Waals surface area (Å²) in [6.07, 6.45) is 14.8. The SMILES string of the molecule is C=C(C#N)/C=C/S(=C)(=O)N1CC[C@@H]1C(=O)N(Cc1cnc(C2CCCCC2)cn1)c1ccncc1. The molecule has 0 aromatic carbocycles. The lowest BCUT2D eigenvalue weighted by molar-refractivity contribution is -0.125. The predicted octanol–water partition coefficient (Wildman–Crippen LogP) is 3.75. The van der Waals surface area contributed by atoms with Crippen molar-refractivity contribution in [1.29, 1.82) is 5.26 Å². The maximum absolute atomic E-state index is 13.7. The van der Waals surface area contributed by atoms with Crippen molar-refractivity contribution >= 4 is 27.2 Å². The van der Waals surface area contributed by atoms with Gasteiger partial charge in [0.05, 0.1) is 30.2 Å². The molecule has 1 saturated carbocycles. The van der Waals surface area contributed by atoms with E-state index in [4.69, 9.17) is 5.26 Å². The molecule has 9 heteroatoms. The van der Waals surface area contributed by atoms with E-state index in [9.17, 15) is 9.00 Å². The largest absolute Gasteiger partial charge is 0.305 e. The van der Waals surface area contributed by atoms with E-state index in [0.29, 0.717) is 30.3 Å².